The number of aliphatic hydroxyl groups excluding tert-OH is 1. The molecule has 2 atom stereocenters. The molecule has 0 saturated carbocycles. The van der Waals surface area contributed by atoms with Gasteiger partial charge in [0, 0.05) is 18.0 Å². The fourth-order valence-corrected chi connectivity index (χ4v) is 2.47. The number of benzene rings is 1. The lowest BCUT2D eigenvalue weighted by atomic mass is 9.97. The van der Waals surface area contributed by atoms with Gasteiger partial charge in [-0.3, -0.25) is 0 Å². The van der Waals surface area contributed by atoms with Crippen LogP contribution >= 0.6 is 0 Å². The number of aliphatic hydroxyl groups is 1. The normalized spacial score (nSPS) is 14.3. The molecule has 128 valence electrons. The van der Waals surface area contributed by atoms with Crippen LogP contribution < -0.4 is 0 Å². The molecule has 0 bridgehead atoms. The van der Waals surface area contributed by atoms with Crippen molar-refractivity contribution in [3.05, 3.63) is 47.7 Å². The topological polar surface area (TPSA) is 49.8 Å². The number of rotatable bonds is 6. The third-order valence-electron chi connectivity index (χ3n) is 3.79. The summed E-state index contributed by atoms with van der Waals surface area (Å²) in [5, 5.41) is 10.3. The third kappa shape index (κ3) is 5.71. The monoisotopic (exact) mass is 319 g/mol. The number of aryl methyl sites for hydroxylation is 1. The maximum absolute atomic E-state index is 12.1. The van der Waals surface area contributed by atoms with Gasteiger partial charge in [0.15, 0.2) is 0 Å². The Morgan fingerprint density at radius 2 is 1.61 bits per heavy atom. The predicted molar refractivity (Wildman–Crippen MR) is 93.0 cm³/mol. The third-order valence-corrected chi connectivity index (χ3v) is 3.79. The molecule has 0 unspecified atom stereocenters. The quantitative estimate of drug-likeness (QED) is 0.789. The molecular formula is C19H29NO3. The van der Waals surface area contributed by atoms with E-state index >= 15 is 0 Å². The molecule has 0 radical (unpaired) electrons. The lowest BCUT2D eigenvalue weighted by Crippen LogP contribution is -2.41. The molecular weight excluding hydrogens is 290 g/mol. The van der Waals surface area contributed by atoms with Crippen molar-refractivity contribution in [1.29, 1.82) is 0 Å². The Bertz CT molecular complexity index is 512. The van der Waals surface area contributed by atoms with E-state index in [1.807, 2.05) is 65.8 Å². The van der Waals surface area contributed by atoms with Crippen molar-refractivity contribution in [2.75, 3.05) is 0 Å². The van der Waals surface area contributed by atoms with E-state index < -0.39 is 6.10 Å². The van der Waals surface area contributed by atoms with Gasteiger partial charge in [-0.2, -0.15) is 0 Å². The second kappa shape index (κ2) is 8.73. The van der Waals surface area contributed by atoms with E-state index in [0.717, 1.165) is 11.1 Å². The Morgan fingerprint density at radius 1 is 1.09 bits per heavy atom. The Balaban J connectivity index is 2.62. The van der Waals surface area contributed by atoms with Gasteiger partial charge >= 0.3 is 6.09 Å². The number of nitrogens with zero attached hydrogens (tertiary/aromatic N) is 1. The summed E-state index contributed by atoms with van der Waals surface area (Å²) in [5.74, 6) is -0.156. The van der Waals surface area contributed by atoms with E-state index in [1.54, 1.807) is 11.0 Å². The molecule has 0 aliphatic heterocycles. The van der Waals surface area contributed by atoms with Gasteiger partial charge in [0.1, 0.15) is 0 Å². The first kappa shape index (κ1) is 19.2. The fourth-order valence-electron chi connectivity index (χ4n) is 2.47. The molecule has 1 aromatic rings. The van der Waals surface area contributed by atoms with E-state index in [1.165, 1.54) is 6.26 Å². The number of carbonyl (C=O) groups is 1. The van der Waals surface area contributed by atoms with Crippen molar-refractivity contribution in [3.8, 4) is 0 Å². The summed E-state index contributed by atoms with van der Waals surface area (Å²) in [6, 6.07) is 7.92. The average molecular weight is 319 g/mol. The van der Waals surface area contributed by atoms with Gasteiger partial charge in [0.05, 0.1) is 12.4 Å². The molecule has 0 heterocycles. The Kier molecular flexibility index (Phi) is 7.30. The summed E-state index contributed by atoms with van der Waals surface area (Å²) in [7, 11) is 0. The highest BCUT2D eigenvalue weighted by molar-refractivity contribution is 5.68. The number of hydrogen-bond acceptors (Lipinski definition) is 3. The zero-order chi connectivity index (χ0) is 17.6. The maximum Gasteiger partial charge on any atom is 0.415 e. The molecule has 0 aliphatic rings. The first-order valence-electron chi connectivity index (χ1n) is 8.14. The minimum Gasteiger partial charge on any atom is -0.418 e. The summed E-state index contributed by atoms with van der Waals surface area (Å²) in [6.45, 7) is 11.7. The lowest BCUT2D eigenvalue weighted by molar-refractivity contribution is 0.107. The SMILES string of the molecule is Cc1ccc([C@@H](O)[C@@H](C)/C=C\OC(=O)N(C(C)C)C(C)C)cc1. The van der Waals surface area contributed by atoms with Gasteiger partial charge < -0.3 is 14.7 Å². The van der Waals surface area contributed by atoms with Gasteiger partial charge in [-0.25, -0.2) is 4.79 Å². The van der Waals surface area contributed by atoms with Crippen LogP contribution in [0.15, 0.2) is 36.6 Å². The zero-order valence-electron chi connectivity index (χ0n) is 15.0. The number of ether oxygens (including phenoxy) is 1. The Morgan fingerprint density at radius 3 is 2.09 bits per heavy atom. The zero-order valence-corrected chi connectivity index (χ0v) is 15.0. The first-order chi connectivity index (χ1) is 10.7. The Hall–Kier alpha value is -1.81. The summed E-state index contributed by atoms with van der Waals surface area (Å²) in [4.78, 5) is 13.7. The van der Waals surface area contributed by atoms with Crippen molar-refractivity contribution in [2.24, 2.45) is 5.92 Å². The van der Waals surface area contributed by atoms with Crippen LogP contribution in [0.4, 0.5) is 4.79 Å². The largest absolute Gasteiger partial charge is 0.418 e. The maximum atomic E-state index is 12.1. The molecule has 1 amide bonds. The lowest BCUT2D eigenvalue weighted by Gasteiger charge is -2.29. The van der Waals surface area contributed by atoms with E-state index in [4.69, 9.17) is 4.74 Å². The van der Waals surface area contributed by atoms with Gasteiger partial charge in [-0.15, -0.1) is 0 Å². The number of amides is 1. The highest BCUT2D eigenvalue weighted by Gasteiger charge is 2.21. The van der Waals surface area contributed by atoms with Crippen molar-refractivity contribution < 1.29 is 14.6 Å². The van der Waals surface area contributed by atoms with Gasteiger partial charge in [0.25, 0.3) is 0 Å². The Labute approximate surface area is 139 Å². The van der Waals surface area contributed by atoms with Crippen LogP contribution in [0.3, 0.4) is 0 Å². The molecule has 0 saturated heterocycles. The second-order valence-corrected chi connectivity index (χ2v) is 6.52. The summed E-state index contributed by atoms with van der Waals surface area (Å²) < 4.78 is 5.20. The van der Waals surface area contributed by atoms with Crippen LogP contribution in [0.1, 0.15) is 51.8 Å². The van der Waals surface area contributed by atoms with Crippen LogP contribution in [0.5, 0.6) is 0 Å². The van der Waals surface area contributed by atoms with Crippen LogP contribution in [-0.2, 0) is 4.74 Å². The number of carbonyl (C=O) groups excluding carboxylic acids is 1. The van der Waals surface area contributed by atoms with E-state index in [-0.39, 0.29) is 24.1 Å². The van der Waals surface area contributed by atoms with Crippen LogP contribution in [-0.4, -0.2) is 28.2 Å². The van der Waals surface area contributed by atoms with Crippen molar-refractivity contribution >= 4 is 6.09 Å². The minimum absolute atomic E-state index is 0.0754. The molecule has 0 spiro atoms. The second-order valence-electron chi connectivity index (χ2n) is 6.52. The summed E-state index contributed by atoms with van der Waals surface area (Å²) in [6.07, 6.45) is 2.09. The van der Waals surface area contributed by atoms with Gasteiger partial charge in [-0.05, 0) is 46.3 Å². The van der Waals surface area contributed by atoms with E-state index in [2.05, 4.69) is 0 Å². The molecule has 4 heteroatoms. The van der Waals surface area contributed by atoms with Crippen molar-refractivity contribution in [2.45, 2.75) is 59.7 Å². The molecule has 0 aromatic heterocycles. The first-order valence-corrected chi connectivity index (χ1v) is 8.14. The van der Waals surface area contributed by atoms with Crippen molar-refractivity contribution in [1.82, 2.24) is 4.90 Å². The smallest absolute Gasteiger partial charge is 0.415 e. The molecule has 4 nitrogen and oxygen atoms in total. The molecule has 1 rings (SSSR count). The molecule has 1 N–H and O–H groups in total. The van der Waals surface area contributed by atoms with Gasteiger partial charge in [0.2, 0.25) is 0 Å². The van der Waals surface area contributed by atoms with E-state index in [9.17, 15) is 9.90 Å². The molecule has 1 aromatic carbocycles. The van der Waals surface area contributed by atoms with Crippen LogP contribution in [0.25, 0.3) is 0 Å². The molecule has 0 aliphatic carbocycles. The highest BCUT2D eigenvalue weighted by atomic mass is 16.5. The molecule has 0 fully saturated rings. The number of hydrogen-bond donors (Lipinski definition) is 1. The van der Waals surface area contributed by atoms with Crippen LogP contribution in [0, 0.1) is 12.8 Å². The standard InChI is InChI=1S/C19H29NO3/c1-13(2)20(14(3)4)19(22)23-12-11-16(6)18(21)17-9-7-15(5)8-10-17/h7-14,16,18,21H,1-6H3/b12-11-/t16-,18-/m0/s1. The summed E-state index contributed by atoms with van der Waals surface area (Å²) in [5.41, 5.74) is 2.01. The predicted octanol–water partition coefficient (Wildman–Crippen LogP) is 4.43. The fraction of sp³-hybridized carbons (Fsp3) is 0.526. The molecule has 23 heavy (non-hydrogen) atoms. The van der Waals surface area contributed by atoms with Crippen LogP contribution in [0.2, 0.25) is 0 Å². The summed E-state index contributed by atoms with van der Waals surface area (Å²) >= 11 is 0. The van der Waals surface area contributed by atoms with Gasteiger partial charge in [-0.1, -0.05) is 36.8 Å². The average Bonchev–Trinajstić information content (AvgIpc) is 2.46. The van der Waals surface area contributed by atoms with Crippen molar-refractivity contribution in [3.63, 3.8) is 0 Å². The van der Waals surface area contributed by atoms with E-state index in [0.29, 0.717) is 0 Å². The highest BCUT2D eigenvalue weighted by Crippen LogP contribution is 2.23. The minimum atomic E-state index is -0.628.